The van der Waals surface area contributed by atoms with Gasteiger partial charge in [-0.2, -0.15) is 4.98 Å². The van der Waals surface area contributed by atoms with Crippen LogP contribution < -0.4 is 15.4 Å². The lowest BCUT2D eigenvalue weighted by Crippen LogP contribution is -2.36. The lowest BCUT2D eigenvalue weighted by Gasteiger charge is -2.23. The summed E-state index contributed by atoms with van der Waals surface area (Å²) in [5, 5.41) is 17.9. The van der Waals surface area contributed by atoms with E-state index >= 15 is 0 Å². The molecule has 0 amide bonds. The molecule has 7 nitrogen and oxygen atoms in total. The predicted molar refractivity (Wildman–Crippen MR) is 69.2 cm³/mol. The van der Waals surface area contributed by atoms with Crippen molar-refractivity contribution in [3.63, 3.8) is 0 Å². The number of rotatable bonds is 5. The minimum atomic E-state index is -0.853. The van der Waals surface area contributed by atoms with Crippen LogP contribution >= 0.6 is 0 Å². The molecule has 104 valence electrons. The number of aliphatic carboxylic acids is 1. The smallest absolute Gasteiger partial charge is 0.326 e. The second-order valence-corrected chi connectivity index (χ2v) is 4.33. The van der Waals surface area contributed by atoms with Crippen molar-refractivity contribution in [1.29, 1.82) is 0 Å². The van der Waals surface area contributed by atoms with Crippen LogP contribution in [0.15, 0.2) is 12.1 Å². The zero-order chi connectivity index (χ0) is 13.8. The molecule has 0 spiro atoms. The standard InChI is InChI=1S/C12H17N3O4/c13-8-3-4-10(14-11(8)19-7-6-16)15-5-1-2-9(15)12(17)18/h3-4,9,16H,1-2,5-7,13H2,(H,17,18). The van der Waals surface area contributed by atoms with E-state index in [2.05, 4.69) is 4.98 Å². The number of hydrogen-bond donors (Lipinski definition) is 3. The SMILES string of the molecule is Nc1ccc(N2CCCC2C(=O)O)nc1OCCO. The van der Waals surface area contributed by atoms with Crippen LogP contribution in [-0.4, -0.2) is 47.0 Å². The number of pyridine rings is 1. The van der Waals surface area contributed by atoms with Crippen molar-refractivity contribution in [3.8, 4) is 5.88 Å². The van der Waals surface area contributed by atoms with Crippen molar-refractivity contribution >= 4 is 17.5 Å². The second-order valence-electron chi connectivity index (χ2n) is 4.33. The number of aliphatic hydroxyl groups excluding tert-OH is 1. The Morgan fingerprint density at radius 3 is 3.05 bits per heavy atom. The lowest BCUT2D eigenvalue weighted by molar-refractivity contribution is -0.138. The third-order valence-electron chi connectivity index (χ3n) is 3.04. The van der Waals surface area contributed by atoms with Crippen molar-refractivity contribution in [2.24, 2.45) is 0 Å². The Morgan fingerprint density at radius 2 is 2.37 bits per heavy atom. The van der Waals surface area contributed by atoms with Gasteiger partial charge in [0.25, 0.3) is 0 Å². The summed E-state index contributed by atoms with van der Waals surface area (Å²) in [6.07, 6.45) is 1.42. The molecule has 0 saturated carbocycles. The molecule has 2 heterocycles. The Morgan fingerprint density at radius 1 is 1.58 bits per heavy atom. The average molecular weight is 267 g/mol. The fourth-order valence-electron chi connectivity index (χ4n) is 2.16. The number of carboxylic acid groups (broad SMARTS) is 1. The van der Waals surface area contributed by atoms with E-state index in [4.69, 9.17) is 20.7 Å². The van der Waals surface area contributed by atoms with Crippen LogP contribution in [0.4, 0.5) is 11.5 Å². The Bertz CT molecular complexity index is 466. The molecule has 0 aliphatic carbocycles. The number of carboxylic acids is 1. The van der Waals surface area contributed by atoms with Crippen LogP contribution in [0.5, 0.6) is 5.88 Å². The first-order valence-corrected chi connectivity index (χ1v) is 6.13. The van der Waals surface area contributed by atoms with Crippen molar-refractivity contribution in [2.75, 3.05) is 30.4 Å². The summed E-state index contributed by atoms with van der Waals surface area (Å²) in [5.41, 5.74) is 6.08. The molecule has 1 saturated heterocycles. The van der Waals surface area contributed by atoms with Crippen LogP contribution in [0.3, 0.4) is 0 Å². The third-order valence-corrected chi connectivity index (χ3v) is 3.04. The molecule has 1 atom stereocenters. The number of hydrogen-bond acceptors (Lipinski definition) is 6. The number of anilines is 2. The summed E-state index contributed by atoms with van der Waals surface area (Å²) in [7, 11) is 0. The number of ether oxygens (including phenoxy) is 1. The lowest BCUT2D eigenvalue weighted by atomic mass is 10.2. The van der Waals surface area contributed by atoms with Gasteiger partial charge in [-0.05, 0) is 25.0 Å². The fourth-order valence-corrected chi connectivity index (χ4v) is 2.16. The summed E-state index contributed by atoms with van der Waals surface area (Å²) in [6, 6.07) is 2.76. The highest BCUT2D eigenvalue weighted by molar-refractivity contribution is 5.78. The molecule has 0 bridgehead atoms. The van der Waals surface area contributed by atoms with Crippen molar-refractivity contribution in [3.05, 3.63) is 12.1 Å². The van der Waals surface area contributed by atoms with Crippen molar-refractivity contribution < 1.29 is 19.7 Å². The van der Waals surface area contributed by atoms with Crippen LogP contribution in [0.1, 0.15) is 12.8 Å². The average Bonchev–Trinajstić information content (AvgIpc) is 2.87. The number of carbonyl (C=O) groups is 1. The first-order valence-electron chi connectivity index (χ1n) is 6.13. The van der Waals surface area contributed by atoms with Gasteiger partial charge in [-0.15, -0.1) is 0 Å². The van der Waals surface area contributed by atoms with E-state index in [1.165, 1.54) is 0 Å². The van der Waals surface area contributed by atoms with Gasteiger partial charge in [-0.25, -0.2) is 4.79 Å². The highest BCUT2D eigenvalue weighted by atomic mass is 16.5. The van der Waals surface area contributed by atoms with Gasteiger partial charge in [0.2, 0.25) is 5.88 Å². The molecule has 1 aliphatic rings. The van der Waals surface area contributed by atoms with E-state index in [9.17, 15) is 4.79 Å². The van der Waals surface area contributed by atoms with Gasteiger partial charge >= 0.3 is 5.97 Å². The van der Waals surface area contributed by atoms with E-state index in [0.29, 0.717) is 24.5 Å². The maximum absolute atomic E-state index is 11.2. The van der Waals surface area contributed by atoms with Crippen LogP contribution in [0.2, 0.25) is 0 Å². The van der Waals surface area contributed by atoms with E-state index in [1.54, 1.807) is 17.0 Å². The minimum Gasteiger partial charge on any atom is -0.480 e. The first-order chi connectivity index (χ1) is 9.13. The fraction of sp³-hybridized carbons (Fsp3) is 0.500. The van der Waals surface area contributed by atoms with Crippen molar-refractivity contribution in [2.45, 2.75) is 18.9 Å². The quantitative estimate of drug-likeness (QED) is 0.693. The Labute approximate surface area is 110 Å². The van der Waals surface area contributed by atoms with E-state index < -0.39 is 12.0 Å². The van der Waals surface area contributed by atoms with Crippen LogP contribution in [0.25, 0.3) is 0 Å². The molecule has 1 aromatic heterocycles. The molecular weight excluding hydrogens is 250 g/mol. The first kappa shape index (κ1) is 13.4. The maximum atomic E-state index is 11.2. The Balaban J connectivity index is 2.22. The van der Waals surface area contributed by atoms with Gasteiger partial charge in [0.1, 0.15) is 18.5 Å². The van der Waals surface area contributed by atoms with Crippen LogP contribution in [-0.2, 0) is 4.79 Å². The molecule has 4 N–H and O–H groups in total. The number of nitrogens with zero attached hydrogens (tertiary/aromatic N) is 2. The molecule has 1 aromatic rings. The van der Waals surface area contributed by atoms with Gasteiger partial charge < -0.3 is 25.6 Å². The van der Waals surface area contributed by atoms with Gasteiger partial charge in [0.15, 0.2) is 0 Å². The highest BCUT2D eigenvalue weighted by Gasteiger charge is 2.31. The largest absolute Gasteiger partial charge is 0.480 e. The normalized spacial score (nSPS) is 18.6. The van der Waals surface area contributed by atoms with Gasteiger partial charge in [-0.3, -0.25) is 0 Å². The molecule has 7 heteroatoms. The van der Waals surface area contributed by atoms with Gasteiger partial charge in [-0.1, -0.05) is 0 Å². The van der Waals surface area contributed by atoms with E-state index in [0.717, 1.165) is 6.42 Å². The summed E-state index contributed by atoms with van der Waals surface area (Å²) >= 11 is 0. The molecule has 0 aromatic carbocycles. The number of nitrogens with two attached hydrogens (primary N) is 1. The summed E-state index contributed by atoms with van der Waals surface area (Å²) in [4.78, 5) is 17.1. The summed E-state index contributed by atoms with van der Waals surface area (Å²) < 4.78 is 5.22. The third kappa shape index (κ3) is 2.87. The summed E-state index contributed by atoms with van der Waals surface area (Å²) in [6.45, 7) is 0.614. The highest BCUT2D eigenvalue weighted by Crippen LogP contribution is 2.28. The molecule has 0 radical (unpaired) electrons. The molecular formula is C12H17N3O4. The minimum absolute atomic E-state index is 0.100. The molecule has 1 fully saturated rings. The Hall–Kier alpha value is -2.02. The predicted octanol–water partition coefficient (Wildman–Crippen LogP) is 0.0883. The van der Waals surface area contributed by atoms with E-state index in [-0.39, 0.29) is 19.1 Å². The molecule has 1 unspecified atom stereocenters. The summed E-state index contributed by atoms with van der Waals surface area (Å²) in [5.74, 6) is -0.0939. The number of aromatic nitrogens is 1. The number of nitrogen functional groups attached to an aromatic ring is 1. The second kappa shape index (κ2) is 5.75. The molecule has 1 aliphatic heterocycles. The maximum Gasteiger partial charge on any atom is 0.326 e. The zero-order valence-corrected chi connectivity index (χ0v) is 10.5. The molecule has 2 rings (SSSR count). The zero-order valence-electron chi connectivity index (χ0n) is 10.5. The van der Waals surface area contributed by atoms with Gasteiger partial charge in [0.05, 0.1) is 12.3 Å². The monoisotopic (exact) mass is 267 g/mol. The number of aliphatic hydroxyl groups is 1. The van der Waals surface area contributed by atoms with E-state index in [1.807, 2.05) is 0 Å². The van der Waals surface area contributed by atoms with Crippen LogP contribution in [0, 0.1) is 0 Å². The van der Waals surface area contributed by atoms with Gasteiger partial charge in [0, 0.05) is 6.54 Å². The van der Waals surface area contributed by atoms with Crippen molar-refractivity contribution in [1.82, 2.24) is 4.98 Å². The Kier molecular flexibility index (Phi) is 4.06. The molecule has 19 heavy (non-hydrogen) atoms. The topological polar surface area (TPSA) is 109 Å².